The lowest BCUT2D eigenvalue weighted by Gasteiger charge is -2.22. The first-order valence-corrected chi connectivity index (χ1v) is 4.90. The quantitative estimate of drug-likeness (QED) is 0.826. The Morgan fingerprint density at radius 2 is 2.19 bits per heavy atom. The fraction of sp³-hybridized carbons (Fsp3) is 0.600. The first-order valence-electron chi connectivity index (χ1n) is 4.90. The summed E-state index contributed by atoms with van der Waals surface area (Å²) in [6, 6.07) is 0. The number of hydrogen-bond acceptors (Lipinski definition) is 5. The van der Waals surface area contributed by atoms with Gasteiger partial charge in [-0.2, -0.15) is 9.37 Å². The predicted octanol–water partition coefficient (Wildman–Crippen LogP) is 1.39. The number of hydrogen-bond donors (Lipinski definition) is 1. The van der Waals surface area contributed by atoms with E-state index in [1.54, 1.807) is 7.11 Å². The van der Waals surface area contributed by atoms with Gasteiger partial charge in [-0.3, -0.25) is 0 Å². The minimum absolute atomic E-state index is 0.0117. The van der Waals surface area contributed by atoms with E-state index >= 15 is 0 Å². The molecule has 6 heteroatoms. The van der Waals surface area contributed by atoms with E-state index in [4.69, 9.17) is 15.2 Å². The van der Waals surface area contributed by atoms with Crippen molar-refractivity contribution < 1.29 is 13.9 Å². The van der Waals surface area contributed by atoms with Gasteiger partial charge in [-0.1, -0.05) is 0 Å². The number of nitrogen functional groups attached to an aromatic ring is 1. The van der Waals surface area contributed by atoms with Crippen molar-refractivity contribution in [3.8, 4) is 5.88 Å². The van der Waals surface area contributed by atoms with Crippen molar-refractivity contribution in [2.24, 2.45) is 0 Å². The second-order valence-corrected chi connectivity index (χ2v) is 3.94. The summed E-state index contributed by atoms with van der Waals surface area (Å²) in [4.78, 5) is 7.15. The predicted molar refractivity (Wildman–Crippen MR) is 57.6 cm³/mol. The first kappa shape index (κ1) is 12.6. The molecule has 0 fully saturated rings. The Morgan fingerprint density at radius 1 is 1.50 bits per heavy atom. The van der Waals surface area contributed by atoms with Crippen LogP contribution in [0, 0.1) is 5.82 Å². The molecule has 5 nitrogen and oxygen atoms in total. The van der Waals surface area contributed by atoms with Crippen LogP contribution in [0.1, 0.15) is 20.3 Å². The van der Waals surface area contributed by atoms with Crippen molar-refractivity contribution in [3.05, 3.63) is 12.0 Å². The van der Waals surface area contributed by atoms with E-state index in [9.17, 15) is 4.39 Å². The van der Waals surface area contributed by atoms with Crippen molar-refractivity contribution in [3.63, 3.8) is 0 Å². The second-order valence-electron chi connectivity index (χ2n) is 3.94. The summed E-state index contributed by atoms with van der Waals surface area (Å²) in [6.07, 6.45) is 1.60. The van der Waals surface area contributed by atoms with Crippen LogP contribution in [0.3, 0.4) is 0 Å². The Morgan fingerprint density at radius 3 is 2.81 bits per heavy atom. The lowest BCUT2D eigenvalue weighted by molar-refractivity contribution is 0.00473. The molecule has 0 aliphatic carbocycles. The van der Waals surface area contributed by atoms with Crippen molar-refractivity contribution >= 4 is 5.95 Å². The SMILES string of the molecule is COC(C)(C)CCOc1nc(N)ncc1F. The molecular weight excluding hydrogens is 213 g/mol. The van der Waals surface area contributed by atoms with Crippen LogP contribution in [0.5, 0.6) is 5.88 Å². The number of nitrogens with two attached hydrogens (primary N) is 1. The average Bonchev–Trinajstić information content (AvgIpc) is 2.23. The summed E-state index contributed by atoms with van der Waals surface area (Å²) in [6.45, 7) is 4.14. The first-order chi connectivity index (χ1) is 7.44. The third-order valence-electron chi connectivity index (χ3n) is 2.23. The van der Waals surface area contributed by atoms with Crippen LogP contribution >= 0.6 is 0 Å². The smallest absolute Gasteiger partial charge is 0.255 e. The summed E-state index contributed by atoms with van der Waals surface area (Å²) in [5.41, 5.74) is 5.01. The number of methoxy groups -OCH3 is 1. The molecule has 2 N–H and O–H groups in total. The molecule has 0 radical (unpaired) electrons. The Bertz CT molecular complexity index is 358. The van der Waals surface area contributed by atoms with Crippen LogP contribution in [0.4, 0.5) is 10.3 Å². The Balaban J connectivity index is 2.52. The highest BCUT2D eigenvalue weighted by molar-refractivity contribution is 5.22. The molecule has 1 aromatic rings. The van der Waals surface area contributed by atoms with Crippen LogP contribution in [-0.4, -0.2) is 29.3 Å². The van der Waals surface area contributed by atoms with Gasteiger partial charge in [-0.25, -0.2) is 4.98 Å². The molecule has 0 unspecified atom stereocenters. The Kier molecular flexibility index (Phi) is 4.00. The van der Waals surface area contributed by atoms with Crippen LogP contribution in [0.2, 0.25) is 0 Å². The Hall–Kier alpha value is -1.43. The van der Waals surface area contributed by atoms with E-state index in [2.05, 4.69) is 9.97 Å². The van der Waals surface area contributed by atoms with Crippen LogP contribution < -0.4 is 10.5 Å². The van der Waals surface area contributed by atoms with Crippen molar-refractivity contribution in [2.45, 2.75) is 25.9 Å². The van der Waals surface area contributed by atoms with Gasteiger partial charge in [0.25, 0.3) is 5.88 Å². The Labute approximate surface area is 93.8 Å². The molecule has 0 aliphatic heterocycles. The van der Waals surface area contributed by atoms with Gasteiger partial charge >= 0.3 is 0 Å². The average molecular weight is 229 g/mol. The van der Waals surface area contributed by atoms with Crippen LogP contribution in [0.25, 0.3) is 0 Å². The van der Waals surface area contributed by atoms with Crippen molar-refractivity contribution in [2.75, 3.05) is 19.5 Å². The van der Waals surface area contributed by atoms with E-state index < -0.39 is 5.82 Å². The number of aromatic nitrogens is 2. The fourth-order valence-corrected chi connectivity index (χ4v) is 0.961. The maximum absolute atomic E-state index is 13.1. The number of nitrogens with zero attached hydrogens (tertiary/aromatic N) is 2. The maximum atomic E-state index is 13.1. The molecule has 0 bridgehead atoms. The van der Waals surface area contributed by atoms with Gasteiger partial charge in [0.2, 0.25) is 11.8 Å². The van der Waals surface area contributed by atoms with Gasteiger partial charge in [0.15, 0.2) is 0 Å². The molecule has 1 heterocycles. The summed E-state index contributed by atoms with van der Waals surface area (Å²) < 4.78 is 23.5. The maximum Gasteiger partial charge on any atom is 0.255 e. The molecule has 0 saturated carbocycles. The summed E-state index contributed by atoms with van der Waals surface area (Å²) >= 11 is 0. The summed E-state index contributed by atoms with van der Waals surface area (Å²) in [7, 11) is 1.61. The molecule has 16 heavy (non-hydrogen) atoms. The van der Waals surface area contributed by atoms with E-state index in [1.807, 2.05) is 13.8 Å². The molecule has 0 atom stereocenters. The van der Waals surface area contributed by atoms with E-state index in [0.29, 0.717) is 13.0 Å². The number of rotatable bonds is 5. The van der Waals surface area contributed by atoms with Crippen LogP contribution in [0.15, 0.2) is 6.20 Å². The molecule has 1 aromatic heterocycles. The third-order valence-corrected chi connectivity index (χ3v) is 2.23. The van der Waals surface area contributed by atoms with Gasteiger partial charge in [0.1, 0.15) is 0 Å². The number of anilines is 1. The van der Waals surface area contributed by atoms with Gasteiger partial charge in [0, 0.05) is 13.5 Å². The molecule has 0 spiro atoms. The summed E-state index contributed by atoms with van der Waals surface area (Å²) in [5.74, 6) is -0.758. The molecule has 0 aliphatic rings. The highest BCUT2D eigenvalue weighted by atomic mass is 19.1. The zero-order valence-electron chi connectivity index (χ0n) is 9.66. The minimum atomic E-state index is -0.621. The molecule has 0 amide bonds. The lowest BCUT2D eigenvalue weighted by atomic mass is 10.1. The zero-order chi connectivity index (χ0) is 12.2. The number of halogens is 1. The van der Waals surface area contributed by atoms with Crippen molar-refractivity contribution in [1.82, 2.24) is 9.97 Å². The monoisotopic (exact) mass is 229 g/mol. The van der Waals surface area contributed by atoms with E-state index in [0.717, 1.165) is 6.20 Å². The van der Waals surface area contributed by atoms with Gasteiger partial charge < -0.3 is 15.2 Å². The van der Waals surface area contributed by atoms with Crippen molar-refractivity contribution in [1.29, 1.82) is 0 Å². The standard InChI is InChI=1S/C10H16FN3O2/c1-10(2,15-3)4-5-16-8-7(11)6-13-9(12)14-8/h6H,4-5H2,1-3H3,(H2,12,13,14). The van der Waals surface area contributed by atoms with E-state index in [-0.39, 0.29) is 17.4 Å². The van der Waals surface area contributed by atoms with E-state index in [1.165, 1.54) is 0 Å². The molecular formula is C10H16FN3O2. The normalized spacial score (nSPS) is 11.5. The zero-order valence-corrected chi connectivity index (χ0v) is 9.66. The lowest BCUT2D eigenvalue weighted by Crippen LogP contribution is -2.25. The molecule has 0 aromatic carbocycles. The fourth-order valence-electron chi connectivity index (χ4n) is 0.961. The highest BCUT2D eigenvalue weighted by Gasteiger charge is 2.17. The topological polar surface area (TPSA) is 70.3 Å². The third kappa shape index (κ3) is 3.62. The van der Waals surface area contributed by atoms with Gasteiger partial charge in [0.05, 0.1) is 18.4 Å². The number of ether oxygens (including phenoxy) is 2. The minimum Gasteiger partial charge on any atom is -0.475 e. The highest BCUT2D eigenvalue weighted by Crippen LogP contribution is 2.16. The van der Waals surface area contributed by atoms with Gasteiger partial charge in [-0.15, -0.1) is 0 Å². The molecule has 0 saturated heterocycles. The second kappa shape index (κ2) is 5.07. The van der Waals surface area contributed by atoms with Crippen LogP contribution in [-0.2, 0) is 4.74 Å². The largest absolute Gasteiger partial charge is 0.475 e. The molecule has 1 rings (SSSR count). The summed E-state index contributed by atoms with van der Waals surface area (Å²) in [5, 5.41) is 0. The van der Waals surface area contributed by atoms with Gasteiger partial charge in [-0.05, 0) is 13.8 Å². The molecule has 90 valence electrons.